The van der Waals surface area contributed by atoms with Crippen LogP contribution in [0.3, 0.4) is 0 Å². The Balaban J connectivity index is 2.83. The number of carboxylic acid groups (broad SMARTS) is 1. The Kier molecular flexibility index (Phi) is 6.41. The average molecular weight is 301 g/mol. The van der Waals surface area contributed by atoms with E-state index < -0.39 is 17.9 Å². The largest absolute Gasteiger partial charge is 0.480 e. The Hall–Kier alpha value is -1.66. The second kappa shape index (κ2) is 7.81. The summed E-state index contributed by atoms with van der Waals surface area (Å²) in [5.41, 5.74) is 0.969. The highest BCUT2D eigenvalue weighted by Gasteiger charge is 2.20. The molecule has 0 aliphatic carbocycles. The summed E-state index contributed by atoms with van der Waals surface area (Å²) in [6, 6.07) is 2.00. The third-order valence-corrected chi connectivity index (χ3v) is 2.88. The van der Waals surface area contributed by atoms with E-state index in [-0.39, 0.29) is 18.2 Å². The first kappa shape index (κ1) is 16.4. The number of carboxylic acids is 1. The number of carbonyl (C=O) groups excluding carboxylic acids is 1. The van der Waals surface area contributed by atoms with Gasteiger partial charge in [-0.15, -0.1) is 0 Å². The summed E-state index contributed by atoms with van der Waals surface area (Å²) in [4.78, 5) is 27.1. The highest BCUT2D eigenvalue weighted by molar-refractivity contribution is 6.29. The van der Waals surface area contributed by atoms with Crippen LogP contribution in [0.15, 0.2) is 12.1 Å². The van der Waals surface area contributed by atoms with E-state index in [9.17, 15) is 9.59 Å². The van der Waals surface area contributed by atoms with Crippen LogP contribution in [0.25, 0.3) is 0 Å². The highest BCUT2D eigenvalue weighted by Crippen LogP contribution is 2.12. The fourth-order valence-electron chi connectivity index (χ4n) is 1.60. The maximum absolute atomic E-state index is 12.0. The average Bonchev–Trinajstić information content (AvgIpc) is 2.42. The molecule has 7 heteroatoms. The molecule has 20 heavy (non-hydrogen) atoms. The van der Waals surface area contributed by atoms with Crippen molar-refractivity contribution in [3.8, 4) is 0 Å². The van der Waals surface area contributed by atoms with Crippen molar-refractivity contribution in [1.82, 2.24) is 10.3 Å². The van der Waals surface area contributed by atoms with Gasteiger partial charge in [-0.1, -0.05) is 18.5 Å². The van der Waals surface area contributed by atoms with Crippen molar-refractivity contribution in [3.05, 3.63) is 28.5 Å². The lowest BCUT2D eigenvalue weighted by Gasteiger charge is -2.14. The van der Waals surface area contributed by atoms with Crippen LogP contribution < -0.4 is 5.32 Å². The molecule has 0 aromatic carbocycles. The molecule has 1 aromatic rings. The van der Waals surface area contributed by atoms with E-state index in [1.54, 1.807) is 6.07 Å². The molecule has 1 amide bonds. The molecule has 0 spiro atoms. The van der Waals surface area contributed by atoms with Crippen LogP contribution in [0, 0.1) is 0 Å². The molecule has 0 saturated heterocycles. The van der Waals surface area contributed by atoms with Gasteiger partial charge in [0.05, 0.1) is 0 Å². The van der Waals surface area contributed by atoms with Gasteiger partial charge in [-0.2, -0.15) is 0 Å². The van der Waals surface area contributed by atoms with Crippen LogP contribution in [-0.4, -0.2) is 41.7 Å². The zero-order chi connectivity index (χ0) is 15.1. The Bertz CT molecular complexity index is 493. The van der Waals surface area contributed by atoms with Gasteiger partial charge in [0.2, 0.25) is 0 Å². The zero-order valence-electron chi connectivity index (χ0n) is 11.4. The third-order valence-electron chi connectivity index (χ3n) is 2.69. The Labute approximate surface area is 122 Å². The number of ether oxygens (including phenoxy) is 1. The first-order valence-electron chi connectivity index (χ1n) is 6.17. The quantitative estimate of drug-likeness (QED) is 0.745. The van der Waals surface area contributed by atoms with Crippen molar-refractivity contribution < 1.29 is 19.4 Å². The molecule has 0 aliphatic rings. The summed E-state index contributed by atoms with van der Waals surface area (Å²) >= 11 is 5.83. The van der Waals surface area contributed by atoms with E-state index in [0.717, 1.165) is 0 Å². The minimum Gasteiger partial charge on any atom is -0.480 e. The molecule has 1 unspecified atom stereocenters. The molecule has 0 radical (unpaired) electrons. The van der Waals surface area contributed by atoms with Gasteiger partial charge in [-0.25, -0.2) is 9.78 Å². The predicted molar refractivity (Wildman–Crippen MR) is 74.0 cm³/mol. The molecular weight excluding hydrogens is 284 g/mol. The van der Waals surface area contributed by atoms with Gasteiger partial charge >= 0.3 is 5.97 Å². The van der Waals surface area contributed by atoms with Gasteiger partial charge < -0.3 is 15.2 Å². The number of amides is 1. The van der Waals surface area contributed by atoms with Crippen LogP contribution in [0.4, 0.5) is 0 Å². The second-order valence-electron chi connectivity index (χ2n) is 4.17. The molecule has 1 atom stereocenters. The number of hydrogen-bond acceptors (Lipinski definition) is 4. The van der Waals surface area contributed by atoms with Crippen LogP contribution >= 0.6 is 11.6 Å². The molecule has 0 bridgehead atoms. The number of aromatic nitrogens is 1. The lowest BCUT2D eigenvalue weighted by molar-refractivity contribution is -0.139. The summed E-state index contributed by atoms with van der Waals surface area (Å²) in [6.45, 7) is 2.13. The van der Waals surface area contributed by atoms with Gasteiger partial charge in [-0.05, 0) is 18.6 Å². The third kappa shape index (κ3) is 4.79. The molecule has 0 aliphatic heterocycles. The standard InChI is InChI=1S/C13H17ClN2O4/c1-3-9-6-8(7-11(14)15-9)12(17)16-10(13(18)19)4-5-20-2/h6-7,10H,3-5H2,1-2H3,(H,16,17)(H,18,19). The highest BCUT2D eigenvalue weighted by atomic mass is 35.5. The number of pyridine rings is 1. The summed E-state index contributed by atoms with van der Waals surface area (Å²) < 4.78 is 4.82. The summed E-state index contributed by atoms with van der Waals surface area (Å²) in [6.07, 6.45) is 0.823. The number of methoxy groups -OCH3 is 1. The molecule has 0 fully saturated rings. The maximum Gasteiger partial charge on any atom is 0.326 e. The van der Waals surface area contributed by atoms with Gasteiger partial charge in [0.15, 0.2) is 0 Å². The number of aliphatic carboxylic acids is 1. The minimum atomic E-state index is -1.11. The smallest absolute Gasteiger partial charge is 0.326 e. The number of halogens is 1. The topological polar surface area (TPSA) is 88.5 Å². The van der Waals surface area contributed by atoms with Crippen LogP contribution in [0.2, 0.25) is 5.15 Å². The molecule has 1 rings (SSSR count). The van der Waals surface area contributed by atoms with Crippen molar-refractivity contribution in [2.45, 2.75) is 25.8 Å². The maximum atomic E-state index is 12.0. The molecule has 6 nitrogen and oxygen atoms in total. The number of nitrogens with one attached hydrogen (secondary N) is 1. The van der Waals surface area contributed by atoms with Crippen molar-refractivity contribution in [2.24, 2.45) is 0 Å². The first-order chi connectivity index (χ1) is 9.47. The van der Waals surface area contributed by atoms with E-state index in [0.29, 0.717) is 17.7 Å². The van der Waals surface area contributed by atoms with E-state index in [2.05, 4.69) is 10.3 Å². The van der Waals surface area contributed by atoms with Crippen LogP contribution in [0.1, 0.15) is 29.4 Å². The monoisotopic (exact) mass is 300 g/mol. The predicted octanol–water partition coefficient (Wildman–Crippen LogP) is 1.52. The van der Waals surface area contributed by atoms with Crippen molar-refractivity contribution in [1.29, 1.82) is 0 Å². The molecule has 2 N–H and O–H groups in total. The van der Waals surface area contributed by atoms with E-state index in [4.69, 9.17) is 21.4 Å². The number of aryl methyl sites for hydroxylation is 1. The summed E-state index contributed by atoms with van der Waals surface area (Å²) in [7, 11) is 1.47. The fraction of sp³-hybridized carbons (Fsp3) is 0.462. The van der Waals surface area contributed by atoms with Gasteiger partial charge in [0.25, 0.3) is 5.91 Å². The Morgan fingerprint density at radius 2 is 2.20 bits per heavy atom. The first-order valence-corrected chi connectivity index (χ1v) is 6.54. The van der Waals surface area contributed by atoms with Gasteiger partial charge in [0, 0.05) is 31.4 Å². The van der Waals surface area contributed by atoms with Gasteiger partial charge in [-0.3, -0.25) is 4.79 Å². The van der Waals surface area contributed by atoms with Crippen molar-refractivity contribution >= 4 is 23.5 Å². The van der Waals surface area contributed by atoms with Crippen molar-refractivity contribution in [2.75, 3.05) is 13.7 Å². The normalized spacial score (nSPS) is 11.9. The lowest BCUT2D eigenvalue weighted by Crippen LogP contribution is -2.41. The van der Waals surface area contributed by atoms with Crippen LogP contribution in [-0.2, 0) is 16.0 Å². The molecule has 1 heterocycles. The number of rotatable bonds is 7. The number of carbonyl (C=O) groups is 2. The Morgan fingerprint density at radius 3 is 2.75 bits per heavy atom. The van der Waals surface area contributed by atoms with E-state index in [1.807, 2.05) is 6.92 Å². The van der Waals surface area contributed by atoms with Crippen LogP contribution in [0.5, 0.6) is 0 Å². The van der Waals surface area contributed by atoms with Gasteiger partial charge in [0.1, 0.15) is 11.2 Å². The second-order valence-corrected chi connectivity index (χ2v) is 4.56. The van der Waals surface area contributed by atoms with Crippen molar-refractivity contribution in [3.63, 3.8) is 0 Å². The Morgan fingerprint density at radius 1 is 1.50 bits per heavy atom. The molecular formula is C13H17ClN2O4. The number of nitrogens with zero attached hydrogens (tertiary/aromatic N) is 1. The zero-order valence-corrected chi connectivity index (χ0v) is 12.1. The molecule has 1 aromatic heterocycles. The summed E-state index contributed by atoms with van der Waals surface area (Å²) in [5, 5.41) is 11.7. The molecule has 110 valence electrons. The summed E-state index contributed by atoms with van der Waals surface area (Å²) in [5.74, 6) is -1.60. The van der Waals surface area contributed by atoms with E-state index in [1.165, 1.54) is 13.2 Å². The fourth-order valence-corrected chi connectivity index (χ4v) is 1.82. The minimum absolute atomic E-state index is 0.191. The molecule has 0 saturated carbocycles. The SMILES string of the molecule is CCc1cc(C(=O)NC(CCOC)C(=O)O)cc(Cl)n1. The lowest BCUT2D eigenvalue weighted by atomic mass is 10.1. The van der Waals surface area contributed by atoms with E-state index >= 15 is 0 Å². The number of hydrogen-bond donors (Lipinski definition) is 2.